The van der Waals surface area contributed by atoms with Crippen LogP contribution in [0.15, 0.2) is 23.4 Å². The maximum atomic E-state index is 12.2. The summed E-state index contributed by atoms with van der Waals surface area (Å²) in [7, 11) is 0. The summed E-state index contributed by atoms with van der Waals surface area (Å²) < 4.78 is 0. The first-order valence-corrected chi connectivity index (χ1v) is 5.61. The van der Waals surface area contributed by atoms with Gasteiger partial charge in [-0.05, 0) is 25.0 Å². The van der Waals surface area contributed by atoms with Gasteiger partial charge < -0.3 is 5.73 Å². The number of anilines is 2. The van der Waals surface area contributed by atoms with Crippen LogP contribution in [0, 0.1) is 11.8 Å². The molecule has 1 atom stereocenters. The van der Waals surface area contributed by atoms with Gasteiger partial charge in [-0.2, -0.15) is 10.1 Å². The first kappa shape index (κ1) is 11.6. The van der Waals surface area contributed by atoms with Gasteiger partial charge in [-0.15, -0.1) is 0 Å². The Kier molecular flexibility index (Phi) is 2.83. The minimum Gasteiger partial charge on any atom is -0.397 e. The monoisotopic (exact) mass is 232 g/mol. The first-order chi connectivity index (χ1) is 8.00. The second kappa shape index (κ2) is 4.16. The van der Waals surface area contributed by atoms with Crippen molar-refractivity contribution < 1.29 is 4.79 Å². The van der Waals surface area contributed by atoms with Gasteiger partial charge in [-0.3, -0.25) is 4.79 Å². The lowest BCUT2D eigenvalue weighted by atomic mass is 9.92. The number of carbonyl (C=O) groups is 1. The fraction of sp³-hybridized carbons (Fsp3) is 0.417. The van der Waals surface area contributed by atoms with Crippen molar-refractivity contribution >= 4 is 23.1 Å². The quantitative estimate of drug-likeness (QED) is 0.842. The van der Waals surface area contributed by atoms with Gasteiger partial charge in [-0.25, -0.2) is 4.98 Å². The molecule has 0 radical (unpaired) electrons. The molecule has 5 nitrogen and oxygen atoms in total. The summed E-state index contributed by atoms with van der Waals surface area (Å²) in [6, 6.07) is 3.41. The van der Waals surface area contributed by atoms with Gasteiger partial charge in [0.1, 0.15) is 0 Å². The Hall–Kier alpha value is -1.91. The predicted octanol–water partition coefficient (Wildman–Crippen LogP) is 1.66. The Bertz CT molecular complexity index is 464. The minimum atomic E-state index is -0.144. The van der Waals surface area contributed by atoms with Crippen molar-refractivity contribution in [2.75, 3.05) is 10.7 Å². The molecule has 1 aliphatic heterocycles. The highest BCUT2D eigenvalue weighted by Gasteiger charge is 2.36. The number of carbonyl (C=O) groups excluding carboxylic acids is 1. The van der Waals surface area contributed by atoms with Crippen molar-refractivity contribution in [1.82, 2.24) is 4.98 Å². The van der Waals surface area contributed by atoms with E-state index >= 15 is 0 Å². The Balaban J connectivity index is 2.31. The second-order valence-corrected chi connectivity index (χ2v) is 4.56. The Labute approximate surface area is 100 Å². The van der Waals surface area contributed by atoms with Crippen LogP contribution >= 0.6 is 0 Å². The summed E-state index contributed by atoms with van der Waals surface area (Å²) in [5.74, 6) is 0.598. The van der Waals surface area contributed by atoms with Crippen LogP contribution in [-0.2, 0) is 4.79 Å². The van der Waals surface area contributed by atoms with Crippen LogP contribution < -0.4 is 10.7 Å². The Morgan fingerprint density at radius 1 is 1.41 bits per heavy atom. The molecule has 0 aromatic carbocycles. The number of hydrogen-bond acceptors (Lipinski definition) is 4. The van der Waals surface area contributed by atoms with Crippen molar-refractivity contribution in [3.63, 3.8) is 0 Å². The van der Waals surface area contributed by atoms with Gasteiger partial charge in [0.05, 0.1) is 17.8 Å². The van der Waals surface area contributed by atoms with Crippen molar-refractivity contribution in [2.45, 2.75) is 20.8 Å². The lowest BCUT2D eigenvalue weighted by Crippen LogP contribution is -2.30. The van der Waals surface area contributed by atoms with E-state index in [1.807, 2.05) is 20.8 Å². The number of aromatic nitrogens is 1. The molecule has 1 amide bonds. The molecule has 2 heterocycles. The molecule has 5 heteroatoms. The standard InChI is InChI=1S/C12H16N4O/c1-7(2)11-8(3)15-16(12(11)17)10-5-4-9(13)6-14-10/h4-7,11H,13H2,1-3H3. The van der Waals surface area contributed by atoms with Crippen molar-refractivity contribution in [3.05, 3.63) is 18.3 Å². The molecule has 1 aromatic heterocycles. The van der Waals surface area contributed by atoms with Crippen LogP contribution in [0.4, 0.5) is 11.5 Å². The van der Waals surface area contributed by atoms with E-state index in [0.29, 0.717) is 11.5 Å². The SMILES string of the molecule is CC1=NN(c2ccc(N)cn2)C(=O)C1C(C)C. The highest BCUT2D eigenvalue weighted by molar-refractivity contribution is 6.14. The van der Waals surface area contributed by atoms with E-state index in [1.54, 1.807) is 12.1 Å². The molecule has 17 heavy (non-hydrogen) atoms. The number of rotatable bonds is 2. The van der Waals surface area contributed by atoms with E-state index in [-0.39, 0.29) is 17.7 Å². The summed E-state index contributed by atoms with van der Waals surface area (Å²) in [6.07, 6.45) is 1.52. The molecule has 2 rings (SSSR count). The van der Waals surface area contributed by atoms with E-state index < -0.39 is 0 Å². The van der Waals surface area contributed by atoms with Gasteiger partial charge in [0, 0.05) is 5.71 Å². The topological polar surface area (TPSA) is 71.6 Å². The maximum Gasteiger partial charge on any atom is 0.257 e. The van der Waals surface area contributed by atoms with Crippen LogP contribution in [0.25, 0.3) is 0 Å². The average molecular weight is 232 g/mol. The second-order valence-electron chi connectivity index (χ2n) is 4.56. The van der Waals surface area contributed by atoms with E-state index in [2.05, 4.69) is 10.1 Å². The van der Waals surface area contributed by atoms with Crippen LogP contribution in [0.5, 0.6) is 0 Å². The van der Waals surface area contributed by atoms with Crippen molar-refractivity contribution in [2.24, 2.45) is 16.9 Å². The van der Waals surface area contributed by atoms with Gasteiger partial charge in [0.25, 0.3) is 5.91 Å². The Morgan fingerprint density at radius 2 is 2.12 bits per heavy atom. The van der Waals surface area contributed by atoms with E-state index in [1.165, 1.54) is 11.2 Å². The van der Waals surface area contributed by atoms with Gasteiger partial charge in [0.2, 0.25) is 0 Å². The normalized spacial score (nSPS) is 20.0. The van der Waals surface area contributed by atoms with Crippen LogP contribution in [0.1, 0.15) is 20.8 Å². The minimum absolute atomic E-state index is 0.0187. The summed E-state index contributed by atoms with van der Waals surface area (Å²) in [6.45, 7) is 5.91. The molecule has 1 aliphatic rings. The highest BCUT2D eigenvalue weighted by Crippen LogP contribution is 2.26. The number of hydrazone groups is 1. The molecule has 0 fully saturated rings. The van der Waals surface area contributed by atoms with E-state index in [9.17, 15) is 4.79 Å². The lowest BCUT2D eigenvalue weighted by Gasteiger charge is -2.15. The van der Waals surface area contributed by atoms with Crippen LogP contribution in [0.2, 0.25) is 0 Å². The number of nitrogens with two attached hydrogens (primary N) is 1. The molecule has 0 aliphatic carbocycles. The lowest BCUT2D eigenvalue weighted by molar-refractivity contribution is -0.120. The number of amides is 1. The third-order valence-electron chi connectivity index (χ3n) is 2.84. The van der Waals surface area contributed by atoms with Crippen molar-refractivity contribution in [1.29, 1.82) is 0 Å². The zero-order chi connectivity index (χ0) is 12.6. The largest absolute Gasteiger partial charge is 0.397 e. The molecule has 0 saturated heterocycles. The predicted molar refractivity (Wildman–Crippen MR) is 67.6 cm³/mol. The summed E-state index contributed by atoms with van der Waals surface area (Å²) >= 11 is 0. The molecule has 2 N–H and O–H groups in total. The molecule has 0 spiro atoms. The first-order valence-electron chi connectivity index (χ1n) is 5.61. The summed E-state index contributed by atoms with van der Waals surface area (Å²) in [5.41, 5.74) is 6.97. The van der Waals surface area contributed by atoms with Gasteiger partial charge in [0.15, 0.2) is 5.82 Å². The number of hydrogen-bond donors (Lipinski definition) is 1. The highest BCUT2D eigenvalue weighted by atomic mass is 16.2. The molecule has 0 bridgehead atoms. The molecule has 1 unspecified atom stereocenters. The fourth-order valence-electron chi connectivity index (χ4n) is 2.03. The van der Waals surface area contributed by atoms with Crippen LogP contribution in [0.3, 0.4) is 0 Å². The molecule has 0 saturated carbocycles. The van der Waals surface area contributed by atoms with Gasteiger partial charge in [-0.1, -0.05) is 13.8 Å². The molecule has 90 valence electrons. The maximum absolute atomic E-state index is 12.2. The molecular weight excluding hydrogens is 216 g/mol. The molecular formula is C12H16N4O. The number of nitrogens with zero attached hydrogens (tertiary/aromatic N) is 3. The average Bonchev–Trinajstić information content (AvgIpc) is 2.55. The fourth-order valence-corrected chi connectivity index (χ4v) is 2.03. The Morgan fingerprint density at radius 3 is 2.59 bits per heavy atom. The number of pyridine rings is 1. The van der Waals surface area contributed by atoms with E-state index in [0.717, 1.165) is 5.71 Å². The summed E-state index contributed by atoms with van der Waals surface area (Å²) in [4.78, 5) is 16.3. The zero-order valence-electron chi connectivity index (χ0n) is 10.2. The van der Waals surface area contributed by atoms with Crippen molar-refractivity contribution in [3.8, 4) is 0 Å². The van der Waals surface area contributed by atoms with Crippen LogP contribution in [-0.4, -0.2) is 16.6 Å². The van der Waals surface area contributed by atoms with E-state index in [4.69, 9.17) is 5.73 Å². The zero-order valence-corrected chi connectivity index (χ0v) is 10.2. The summed E-state index contributed by atoms with van der Waals surface area (Å²) in [5, 5.41) is 5.63. The molecule has 1 aromatic rings. The smallest absolute Gasteiger partial charge is 0.257 e. The third-order valence-corrected chi connectivity index (χ3v) is 2.84. The number of nitrogen functional groups attached to an aromatic ring is 1. The third kappa shape index (κ3) is 2.00. The van der Waals surface area contributed by atoms with Gasteiger partial charge >= 0.3 is 0 Å².